The van der Waals surface area contributed by atoms with Crippen LogP contribution in [-0.4, -0.2) is 25.4 Å². The molecule has 0 saturated carbocycles. The van der Waals surface area contributed by atoms with Crippen LogP contribution in [-0.2, 0) is 11.2 Å². The van der Waals surface area contributed by atoms with Crippen LogP contribution in [0.5, 0.6) is 0 Å². The summed E-state index contributed by atoms with van der Waals surface area (Å²) in [6.07, 6.45) is 7.40. The first-order valence-corrected chi connectivity index (χ1v) is 4.26. The predicted octanol–water partition coefficient (Wildman–Crippen LogP) is 0.746. The molecule has 0 amide bonds. The molecule has 5 heteroatoms. The summed E-state index contributed by atoms with van der Waals surface area (Å²) >= 11 is 0. The second-order valence-electron chi connectivity index (χ2n) is 2.93. The second kappa shape index (κ2) is 3.45. The van der Waals surface area contributed by atoms with Gasteiger partial charge in [0.15, 0.2) is 5.65 Å². The standard InChI is InChI=1S/C9H9N3O2/c13-8(14)2-1-7-9-11-4-6-12(9)5-3-10-7/h3-6H,1-2H2,(H,13,14). The summed E-state index contributed by atoms with van der Waals surface area (Å²) in [5, 5.41) is 8.54. The van der Waals surface area contributed by atoms with Crippen molar-refractivity contribution >= 4 is 11.6 Å². The molecule has 0 radical (unpaired) electrons. The summed E-state index contributed by atoms with van der Waals surface area (Å²) in [5.41, 5.74) is 1.45. The molecular weight excluding hydrogens is 182 g/mol. The van der Waals surface area contributed by atoms with Gasteiger partial charge in [0.2, 0.25) is 0 Å². The molecule has 0 aromatic carbocycles. The van der Waals surface area contributed by atoms with Crippen LogP contribution >= 0.6 is 0 Å². The summed E-state index contributed by atoms with van der Waals surface area (Å²) in [6.45, 7) is 0. The van der Waals surface area contributed by atoms with E-state index in [1.54, 1.807) is 24.8 Å². The lowest BCUT2D eigenvalue weighted by molar-refractivity contribution is -0.136. The molecule has 0 spiro atoms. The van der Waals surface area contributed by atoms with E-state index in [1.165, 1.54) is 0 Å². The van der Waals surface area contributed by atoms with Gasteiger partial charge in [-0.15, -0.1) is 0 Å². The minimum atomic E-state index is -0.819. The zero-order valence-corrected chi connectivity index (χ0v) is 7.42. The Labute approximate surface area is 80.0 Å². The van der Waals surface area contributed by atoms with Crippen molar-refractivity contribution in [3.05, 3.63) is 30.5 Å². The van der Waals surface area contributed by atoms with Crippen LogP contribution in [0.3, 0.4) is 0 Å². The van der Waals surface area contributed by atoms with E-state index in [0.717, 1.165) is 11.3 Å². The third-order valence-corrected chi connectivity index (χ3v) is 1.96. The highest BCUT2D eigenvalue weighted by Gasteiger charge is 2.05. The van der Waals surface area contributed by atoms with Gasteiger partial charge in [-0.1, -0.05) is 0 Å². The van der Waals surface area contributed by atoms with Crippen molar-refractivity contribution in [3.8, 4) is 0 Å². The summed E-state index contributed by atoms with van der Waals surface area (Å²) < 4.78 is 1.82. The van der Waals surface area contributed by atoms with E-state index in [9.17, 15) is 4.79 Å². The van der Waals surface area contributed by atoms with E-state index < -0.39 is 5.97 Å². The number of aliphatic carboxylic acids is 1. The van der Waals surface area contributed by atoms with E-state index >= 15 is 0 Å². The van der Waals surface area contributed by atoms with Crippen LogP contribution in [0.25, 0.3) is 5.65 Å². The van der Waals surface area contributed by atoms with E-state index in [0.29, 0.717) is 6.42 Å². The van der Waals surface area contributed by atoms with Crippen LogP contribution in [0.4, 0.5) is 0 Å². The number of hydrogen-bond acceptors (Lipinski definition) is 3. The SMILES string of the molecule is O=C(O)CCc1nccn2ccnc12. The van der Waals surface area contributed by atoms with E-state index in [2.05, 4.69) is 9.97 Å². The summed E-state index contributed by atoms with van der Waals surface area (Å²) in [7, 11) is 0. The average molecular weight is 191 g/mol. The van der Waals surface area contributed by atoms with Crippen molar-refractivity contribution in [2.24, 2.45) is 0 Å². The molecule has 72 valence electrons. The third kappa shape index (κ3) is 1.56. The van der Waals surface area contributed by atoms with Crippen molar-refractivity contribution in [3.63, 3.8) is 0 Å². The first-order valence-electron chi connectivity index (χ1n) is 4.26. The maximum atomic E-state index is 10.4. The monoisotopic (exact) mass is 191 g/mol. The van der Waals surface area contributed by atoms with Crippen LogP contribution in [0.2, 0.25) is 0 Å². The summed E-state index contributed by atoms with van der Waals surface area (Å²) in [5.74, 6) is -0.819. The topological polar surface area (TPSA) is 67.5 Å². The van der Waals surface area contributed by atoms with Crippen LogP contribution < -0.4 is 0 Å². The Morgan fingerprint density at radius 2 is 2.07 bits per heavy atom. The Balaban J connectivity index is 2.32. The van der Waals surface area contributed by atoms with Gasteiger partial charge in [0.1, 0.15) is 0 Å². The lowest BCUT2D eigenvalue weighted by Gasteiger charge is -1.99. The number of rotatable bonds is 3. The molecule has 0 fully saturated rings. The molecule has 1 N–H and O–H groups in total. The molecule has 0 atom stereocenters. The summed E-state index contributed by atoms with van der Waals surface area (Å²) in [4.78, 5) is 18.6. The Morgan fingerprint density at radius 3 is 2.79 bits per heavy atom. The van der Waals surface area contributed by atoms with Gasteiger partial charge >= 0.3 is 5.97 Å². The number of carboxylic acid groups (broad SMARTS) is 1. The third-order valence-electron chi connectivity index (χ3n) is 1.96. The number of carboxylic acids is 1. The molecular formula is C9H9N3O2. The van der Waals surface area contributed by atoms with E-state index in [4.69, 9.17) is 5.11 Å². The van der Waals surface area contributed by atoms with Crippen molar-refractivity contribution in [2.45, 2.75) is 12.8 Å². The molecule has 2 rings (SSSR count). The lowest BCUT2D eigenvalue weighted by Crippen LogP contribution is -2.01. The molecule has 0 bridgehead atoms. The molecule has 14 heavy (non-hydrogen) atoms. The van der Waals surface area contributed by atoms with Crippen molar-refractivity contribution < 1.29 is 9.90 Å². The zero-order valence-electron chi connectivity index (χ0n) is 7.42. The number of nitrogens with zero attached hydrogens (tertiary/aromatic N) is 3. The minimum absolute atomic E-state index is 0.0829. The Hall–Kier alpha value is -1.91. The molecule has 0 aliphatic rings. The Kier molecular flexibility index (Phi) is 2.14. The molecule has 0 saturated heterocycles. The number of imidazole rings is 1. The molecule has 5 nitrogen and oxygen atoms in total. The van der Waals surface area contributed by atoms with Crippen molar-refractivity contribution in [1.29, 1.82) is 0 Å². The highest BCUT2D eigenvalue weighted by Crippen LogP contribution is 2.07. The fourth-order valence-electron chi connectivity index (χ4n) is 1.31. The van der Waals surface area contributed by atoms with Crippen LogP contribution in [0.1, 0.15) is 12.1 Å². The number of fused-ring (bicyclic) bond motifs is 1. The molecule has 0 aliphatic heterocycles. The molecule has 2 heterocycles. The molecule has 0 unspecified atom stereocenters. The largest absolute Gasteiger partial charge is 0.481 e. The average Bonchev–Trinajstić information content (AvgIpc) is 2.62. The maximum Gasteiger partial charge on any atom is 0.303 e. The zero-order chi connectivity index (χ0) is 9.97. The number of aryl methyl sites for hydroxylation is 1. The van der Waals surface area contributed by atoms with Crippen molar-refractivity contribution in [1.82, 2.24) is 14.4 Å². The van der Waals surface area contributed by atoms with Gasteiger partial charge < -0.3 is 9.51 Å². The normalized spacial score (nSPS) is 10.6. The highest BCUT2D eigenvalue weighted by molar-refractivity contribution is 5.67. The fourth-order valence-corrected chi connectivity index (χ4v) is 1.31. The number of hydrogen-bond donors (Lipinski definition) is 1. The van der Waals surface area contributed by atoms with E-state index in [1.807, 2.05) is 4.40 Å². The van der Waals surface area contributed by atoms with Crippen LogP contribution in [0, 0.1) is 0 Å². The Morgan fingerprint density at radius 1 is 1.36 bits per heavy atom. The molecule has 2 aromatic rings. The van der Waals surface area contributed by atoms with E-state index in [-0.39, 0.29) is 6.42 Å². The maximum absolute atomic E-state index is 10.4. The molecule has 0 aliphatic carbocycles. The Bertz CT molecular complexity index is 464. The predicted molar refractivity (Wildman–Crippen MR) is 48.9 cm³/mol. The van der Waals surface area contributed by atoms with Gasteiger partial charge in [0.05, 0.1) is 12.1 Å². The number of aromatic nitrogens is 3. The molecule has 2 aromatic heterocycles. The quantitative estimate of drug-likeness (QED) is 0.777. The first-order chi connectivity index (χ1) is 6.77. The smallest absolute Gasteiger partial charge is 0.303 e. The van der Waals surface area contributed by atoms with Gasteiger partial charge in [0.25, 0.3) is 0 Å². The van der Waals surface area contributed by atoms with Gasteiger partial charge in [-0.2, -0.15) is 0 Å². The second-order valence-corrected chi connectivity index (χ2v) is 2.93. The van der Waals surface area contributed by atoms with Gasteiger partial charge in [0, 0.05) is 31.2 Å². The van der Waals surface area contributed by atoms with Crippen LogP contribution in [0.15, 0.2) is 24.8 Å². The first kappa shape index (κ1) is 8.68. The lowest BCUT2D eigenvalue weighted by atomic mass is 10.2. The van der Waals surface area contributed by atoms with Gasteiger partial charge in [-0.3, -0.25) is 9.78 Å². The van der Waals surface area contributed by atoms with Gasteiger partial charge in [-0.25, -0.2) is 4.98 Å². The fraction of sp³-hybridized carbons (Fsp3) is 0.222. The minimum Gasteiger partial charge on any atom is -0.481 e. The highest BCUT2D eigenvalue weighted by atomic mass is 16.4. The summed E-state index contributed by atoms with van der Waals surface area (Å²) in [6, 6.07) is 0. The van der Waals surface area contributed by atoms with Crippen molar-refractivity contribution in [2.75, 3.05) is 0 Å². The van der Waals surface area contributed by atoms with Gasteiger partial charge in [-0.05, 0) is 0 Å². The number of carbonyl (C=O) groups is 1.